The van der Waals surface area contributed by atoms with Crippen molar-refractivity contribution in [3.05, 3.63) is 58.3 Å². The van der Waals surface area contributed by atoms with Gasteiger partial charge in [-0.25, -0.2) is 4.39 Å². The second-order valence-corrected chi connectivity index (χ2v) is 5.57. The van der Waals surface area contributed by atoms with E-state index < -0.39 is 11.7 Å². The molecule has 0 aliphatic heterocycles. The Hall–Kier alpha value is -2.11. The van der Waals surface area contributed by atoms with Crippen LogP contribution in [0.5, 0.6) is 0 Å². The van der Waals surface area contributed by atoms with Crippen LogP contribution < -0.4 is 10.2 Å². The van der Waals surface area contributed by atoms with Crippen molar-refractivity contribution in [1.29, 1.82) is 0 Å². The molecule has 2 aromatic rings. The number of hydrogen-bond acceptors (Lipinski definition) is 2. The predicted molar refractivity (Wildman–Crippen MR) is 89.5 cm³/mol. The van der Waals surface area contributed by atoms with E-state index in [4.69, 9.17) is 23.2 Å². The maximum absolute atomic E-state index is 13.0. The van der Waals surface area contributed by atoms with Crippen LogP contribution in [0.25, 0.3) is 0 Å². The number of amides is 2. The van der Waals surface area contributed by atoms with Crippen molar-refractivity contribution >= 4 is 46.4 Å². The summed E-state index contributed by atoms with van der Waals surface area (Å²) in [5.74, 6) is -1.17. The number of carbonyl (C=O) groups is 2. The largest absolute Gasteiger partial charge is 0.324 e. The van der Waals surface area contributed by atoms with E-state index in [0.717, 1.165) is 0 Å². The highest BCUT2D eigenvalue weighted by atomic mass is 35.5. The molecule has 0 saturated heterocycles. The molecule has 1 N–H and O–H groups in total. The van der Waals surface area contributed by atoms with Gasteiger partial charge in [0.1, 0.15) is 12.4 Å². The minimum atomic E-state index is -0.419. The highest BCUT2D eigenvalue weighted by Gasteiger charge is 2.16. The van der Waals surface area contributed by atoms with Gasteiger partial charge in [0.05, 0.1) is 10.0 Å². The van der Waals surface area contributed by atoms with E-state index >= 15 is 0 Å². The van der Waals surface area contributed by atoms with Crippen LogP contribution in [-0.4, -0.2) is 18.4 Å². The Morgan fingerprint density at radius 1 is 1.09 bits per heavy atom. The van der Waals surface area contributed by atoms with Crippen LogP contribution in [0.2, 0.25) is 10.0 Å². The summed E-state index contributed by atoms with van der Waals surface area (Å²) < 4.78 is 13.0. The lowest BCUT2D eigenvalue weighted by Gasteiger charge is -2.20. The molecular weight excluding hydrogens is 342 g/mol. The van der Waals surface area contributed by atoms with Gasteiger partial charge in [-0.15, -0.1) is 0 Å². The van der Waals surface area contributed by atoms with Gasteiger partial charge in [-0.3, -0.25) is 9.59 Å². The molecule has 2 aromatic carbocycles. The number of rotatable bonds is 4. The van der Waals surface area contributed by atoms with Crippen molar-refractivity contribution in [3.8, 4) is 0 Å². The van der Waals surface area contributed by atoms with Gasteiger partial charge >= 0.3 is 0 Å². The first-order valence-corrected chi connectivity index (χ1v) is 7.41. The molecule has 0 heterocycles. The molecule has 0 bridgehead atoms. The van der Waals surface area contributed by atoms with E-state index in [1.807, 2.05) is 0 Å². The summed E-state index contributed by atoms with van der Waals surface area (Å²) in [6.07, 6.45) is 0. The summed E-state index contributed by atoms with van der Waals surface area (Å²) in [5, 5.41) is 3.31. The number of hydrogen-bond donors (Lipinski definition) is 1. The van der Waals surface area contributed by atoms with E-state index in [9.17, 15) is 14.0 Å². The molecule has 4 nitrogen and oxygen atoms in total. The highest BCUT2D eigenvalue weighted by Crippen LogP contribution is 2.25. The Balaban J connectivity index is 2.10. The van der Waals surface area contributed by atoms with E-state index in [1.54, 1.807) is 12.1 Å². The minimum absolute atomic E-state index is 0.207. The highest BCUT2D eigenvalue weighted by molar-refractivity contribution is 6.42. The third kappa shape index (κ3) is 4.68. The van der Waals surface area contributed by atoms with Crippen molar-refractivity contribution < 1.29 is 14.0 Å². The van der Waals surface area contributed by atoms with Gasteiger partial charge in [0.15, 0.2) is 0 Å². The SMILES string of the molecule is CC(=O)N(CC(=O)Nc1ccc(Cl)c(Cl)c1)c1ccc(F)cc1. The molecule has 0 aliphatic carbocycles. The zero-order valence-corrected chi connectivity index (χ0v) is 13.7. The van der Waals surface area contributed by atoms with Crippen LogP contribution >= 0.6 is 23.2 Å². The third-order valence-electron chi connectivity index (χ3n) is 3.02. The van der Waals surface area contributed by atoms with Gasteiger partial charge in [-0.05, 0) is 42.5 Å². The zero-order chi connectivity index (χ0) is 17.0. The lowest BCUT2D eigenvalue weighted by molar-refractivity contribution is -0.120. The molecule has 7 heteroatoms. The molecule has 2 rings (SSSR count). The summed E-state index contributed by atoms with van der Waals surface area (Å²) in [5.41, 5.74) is 0.898. The summed E-state index contributed by atoms with van der Waals surface area (Å²) in [7, 11) is 0. The monoisotopic (exact) mass is 354 g/mol. The van der Waals surface area contributed by atoms with Crippen molar-refractivity contribution in [2.24, 2.45) is 0 Å². The predicted octanol–water partition coefficient (Wildman–Crippen LogP) is 4.12. The number of nitrogens with one attached hydrogen (secondary N) is 1. The number of nitrogens with zero attached hydrogens (tertiary/aromatic N) is 1. The van der Waals surface area contributed by atoms with E-state index in [0.29, 0.717) is 21.4 Å². The zero-order valence-electron chi connectivity index (χ0n) is 12.1. The van der Waals surface area contributed by atoms with Crippen molar-refractivity contribution in [2.45, 2.75) is 6.92 Å². The average molecular weight is 355 g/mol. The van der Waals surface area contributed by atoms with Crippen LogP contribution in [-0.2, 0) is 9.59 Å². The standard InChI is InChI=1S/C16H13Cl2FN2O2/c1-10(22)21(13-5-2-11(19)3-6-13)9-16(23)20-12-4-7-14(17)15(18)8-12/h2-8H,9H2,1H3,(H,20,23). The molecule has 2 amide bonds. The maximum atomic E-state index is 13.0. The van der Waals surface area contributed by atoms with Crippen LogP contribution in [0.1, 0.15) is 6.92 Å². The van der Waals surface area contributed by atoms with Gasteiger partial charge in [0.2, 0.25) is 11.8 Å². The van der Waals surface area contributed by atoms with Crippen molar-refractivity contribution in [2.75, 3.05) is 16.8 Å². The lowest BCUT2D eigenvalue weighted by atomic mass is 10.2. The van der Waals surface area contributed by atoms with Gasteiger partial charge in [-0.2, -0.15) is 0 Å². The molecule has 23 heavy (non-hydrogen) atoms. The quantitative estimate of drug-likeness (QED) is 0.897. The van der Waals surface area contributed by atoms with E-state index in [1.165, 1.54) is 42.2 Å². The summed E-state index contributed by atoms with van der Waals surface area (Å²) in [6, 6.07) is 9.98. The number of anilines is 2. The Morgan fingerprint density at radius 3 is 2.30 bits per heavy atom. The first-order chi connectivity index (χ1) is 10.9. The fraction of sp³-hybridized carbons (Fsp3) is 0.125. The normalized spacial score (nSPS) is 10.3. The molecule has 0 fully saturated rings. The molecule has 0 spiro atoms. The van der Waals surface area contributed by atoms with Crippen LogP contribution in [0.4, 0.5) is 15.8 Å². The fourth-order valence-electron chi connectivity index (χ4n) is 1.92. The summed E-state index contributed by atoms with van der Waals surface area (Å²) >= 11 is 11.7. The number of carbonyl (C=O) groups excluding carboxylic acids is 2. The Kier molecular flexibility index (Phi) is 5.58. The first kappa shape index (κ1) is 17.2. The Morgan fingerprint density at radius 2 is 1.74 bits per heavy atom. The molecule has 0 aromatic heterocycles. The molecule has 0 saturated carbocycles. The van der Waals surface area contributed by atoms with Gasteiger partial charge < -0.3 is 10.2 Å². The molecule has 0 unspecified atom stereocenters. The molecule has 0 aliphatic rings. The topological polar surface area (TPSA) is 49.4 Å². The van der Waals surface area contributed by atoms with Crippen molar-refractivity contribution in [1.82, 2.24) is 0 Å². The van der Waals surface area contributed by atoms with E-state index in [2.05, 4.69) is 5.32 Å². The second kappa shape index (κ2) is 7.44. The Labute approximate surface area is 142 Å². The summed E-state index contributed by atoms with van der Waals surface area (Å²) in [4.78, 5) is 25.1. The fourth-order valence-corrected chi connectivity index (χ4v) is 2.22. The lowest BCUT2D eigenvalue weighted by Crippen LogP contribution is -2.36. The average Bonchev–Trinajstić information content (AvgIpc) is 2.49. The molecule has 120 valence electrons. The minimum Gasteiger partial charge on any atom is -0.324 e. The van der Waals surface area contributed by atoms with Crippen LogP contribution in [0.15, 0.2) is 42.5 Å². The summed E-state index contributed by atoms with van der Waals surface area (Å²) in [6.45, 7) is 1.12. The van der Waals surface area contributed by atoms with Gasteiger partial charge in [0, 0.05) is 18.3 Å². The second-order valence-electron chi connectivity index (χ2n) is 4.76. The molecular formula is C16H13Cl2FN2O2. The van der Waals surface area contributed by atoms with E-state index in [-0.39, 0.29) is 12.5 Å². The first-order valence-electron chi connectivity index (χ1n) is 6.65. The van der Waals surface area contributed by atoms with Gasteiger partial charge in [-0.1, -0.05) is 23.2 Å². The van der Waals surface area contributed by atoms with Crippen LogP contribution in [0.3, 0.4) is 0 Å². The van der Waals surface area contributed by atoms with Gasteiger partial charge in [0.25, 0.3) is 0 Å². The number of benzene rings is 2. The molecule has 0 radical (unpaired) electrons. The smallest absolute Gasteiger partial charge is 0.244 e. The Bertz CT molecular complexity index is 735. The maximum Gasteiger partial charge on any atom is 0.244 e. The third-order valence-corrected chi connectivity index (χ3v) is 3.76. The van der Waals surface area contributed by atoms with Crippen molar-refractivity contribution in [3.63, 3.8) is 0 Å². The molecule has 0 atom stereocenters. The van der Waals surface area contributed by atoms with Crippen LogP contribution in [0, 0.1) is 5.82 Å². The number of halogens is 3.